The third-order valence-corrected chi connectivity index (χ3v) is 4.05. The van der Waals surface area contributed by atoms with E-state index in [1.807, 2.05) is 0 Å². The average Bonchev–Trinajstić information content (AvgIpc) is 2.10. The molecule has 0 radical (unpaired) electrons. The van der Waals surface area contributed by atoms with Gasteiger partial charge in [0, 0.05) is 12.3 Å². The third-order valence-electron chi connectivity index (χ3n) is 4.05. The quantitative estimate of drug-likeness (QED) is 0.536. The highest BCUT2D eigenvalue weighted by molar-refractivity contribution is 5.82. The van der Waals surface area contributed by atoms with E-state index >= 15 is 0 Å². The Morgan fingerprint density at radius 1 is 0.850 bits per heavy atom. The Morgan fingerprint density at radius 3 is 1.50 bits per heavy atom. The molecule has 0 heterocycles. The largest absolute Gasteiger partial charge is 0.299 e. The molecule has 1 nitrogen and oxygen atoms in total. The fraction of sp³-hybridized carbons (Fsp3) is 0.947. The number of rotatable bonds is 8. The van der Waals surface area contributed by atoms with Gasteiger partial charge in [-0.15, -0.1) is 0 Å². The van der Waals surface area contributed by atoms with E-state index in [0.717, 1.165) is 6.42 Å². The Labute approximate surface area is 127 Å². The van der Waals surface area contributed by atoms with Gasteiger partial charge in [0.25, 0.3) is 0 Å². The Balaban J connectivity index is 4.87. The molecule has 0 bridgehead atoms. The van der Waals surface area contributed by atoms with Crippen molar-refractivity contribution >= 4 is 5.78 Å². The normalized spacial score (nSPS) is 14.7. The maximum absolute atomic E-state index is 12.8. The highest BCUT2D eigenvalue weighted by atomic mass is 16.1. The summed E-state index contributed by atoms with van der Waals surface area (Å²) in [4.78, 5) is 12.8. The lowest BCUT2D eigenvalue weighted by molar-refractivity contribution is -0.129. The molecule has 0 N–H and O–H groups in total. The van der Waals surface area contributed by atoms with Gasteiger partial charge in [0.2, 0.25) is 0 Å². The summed E-state index contributed by atoms with van der Waals surface area (Å²) < 4.78 is 0. The lowest BCUT2D eigenvalue weighted by Crippen LogP contribution is -2.34. The van der Waals surface area contributed by atoms with Gasteiger partial charge in [0.15, 0.2) is 0 Å². The van der Waals surface area contributed by atoms with Crippen LogP contribution in [0.4, 0.5) is 0 Å². The minimum atomic E-state index is 0.0749. The summed E-state index contributed by atoms with van der Waals surface area (Å²) in [5.41, 5.74) is 0.0749. The van der Waals surface area contributed by atoms with Crippen LogP contribution in [0.25, 0.3) is 0 Å². The first kappa shape index (κ1) is 19.7. The molecule has 0 saturated heterocycles. The summed E-state index contributed by atoms with van der Waals surface area (Å²) in [5.74, 6) is 3.02. The van der Waals surface area contributed by atoms with Crippen LogP contribution in [-0.2, 0) is 4.79 Å². The van der Waals surface area contributed by atoms with Crippen LogP contribution in [0.5, 0.6) is 0 Å². The molecule has 1 atom stereocenters. The van der Waals surface area contributed by atoms with E-state index in [1.54, 1.807) is 0 Å². The predicted octanol–water partition coefficient (Wildman–Crippen LogP) is 5.97. The summed E-state index contributed by atoms with van der Waals surface area (Å²) in [6, 6.07) is 0. The molecule has 0 aliphatic carbocycles. The van der Waals surface area contributed by atoms with Crippen molar-refractivity contribution in [2.24, 2.45) is 35.0 Å². The summed E-state index contributed by atoms with van der Waals surface area (Å²) in [7, 11) is 0. The molecule has 0 rings (SSSR count). The second-order valence-electron chi connectivity index (χ2n) is 8.88. The zero-order valence-electron chi connectivity index (χ0n) is 15.4. The van der Waals surface area contributed by atoms with Crippen molar-refractivity contribution in [3.05, 3.63) is 0 Å². The van der Waals surface area contributed by atoms with E-state index in [9.17, 15) is 4.79 Å². The molecule has 120 valence electrons. The Hall–Kier alpha value is -0.330. The zero-order valence-corrected chi connectivity index (χ0v) is 15.4. The minimum absolute atomic E-state index is 0.0749. The van der Waals surface area contributed by atoms with Crippen molar-refractivity contribution < 1.29 is 4.79 Å². The van der Waals surface area contributed by atoms with E-state index in [1.165, 1.54) is 12.8 Å². The van der Waals surface area contributed by atoms with Gasteiger partial charge in [0.1, 0.15) is 5.78 Å². The Bertz CT molecular complexity index is 271. The fourth-order valence-corrected chi connectivity index (χ4v) is 3.86. The van der Waals surface area contributed by atoms with Gasteiger partial charge in [-0.3, -0.25) is 4.79 Å². The van der Waals surface area contributed by atoms with E-state index < -0.39 is 0 Å². The highest BCUT2D eigenvalue weighted by Crippen LogP contribution is 2.35. The molecule has 0 aromatic carbocycles. The van der Waals surface area contributed by atoms with Crippen molar-refractivity contribution in [3.8, 4) is 0 Å². The van der Waals surface area contributed by atoms with Crippen molar-refractivity contribution in [2.45, 2.75) is 81.6 Å². The van der Waals surface area contributed by atoms with Gasteiger partial charge in [-0.25, -0.2) is 0 Å². The number of carbonyl (C=O) groups excluding carboxylic acids is 1. The van der Waals surface area contributed by atoms with Crippen molar-refractivity contribution in [3.63, 3.8) is 0 Å². The summed E-state index contributed by atoms with van der Waals surface area (Å²) in [6.07, 6.45) is 3.13. The van der Waals surface area contributed by atoms with Gasteiger partial charge in [-0.1, -0.05) is 62.3 Å². The summed E-state index contributed by atoms with van der Waals surface area (Å²) >= 11 is 0. The van der Waals surface area contributed by atoms with Crippen molar-refractivity contribution in [1.29, 1.82) is 0 Å². The van der Waals surface area contributed by atoms with E-state index in [2.05, 4.69) is 62.3 Å². The summed E-state index contributed by atoms with van der Waals surface area (Å²) in [5, 5.41) is 0. The molecule has 0 aliphatic heterocycles. The van der Waals surface area contributed by atoms with Crippen LogP contribution in [-0.4, -0.2) is 5.78 Å². The first-order valence-electron chi connectivity index (χ1n) is 8.47. The number of hydrogen-bond acceptors (Lipinski definition) is 1. The molecule has 0 fully saturated rings. The maximum atomic E-state index is 12.8. The average molecular weight is 283 g/mol. The van der Waals surface area contributed by atoms with Crippen molar-refractivity contribution in [2.75, 3.05) is 0 Å². The predicted molar refractivity (Wildman–Crippen MR) is 89.8 cm³/mol. The molecule has 0 aromatic heterocycles. The molecule has 0 aromatic rings. The number of hydrogen-bond donors (Lipinski definition) is 0. The van der Waals surface area contributed by atoms with E-state index in [0.29, 0.717) is 29.5 Å². The van der Waals surface area contributed by atoms with Crippen LogP contribution >= 0.6 is 0 Å². The topological polar surface area (TPSA) is 17.1 Å². The van der Waals surface area contributed by atoms with Crippen LogP contribution in [0.15, 0.2) is 0 Å². The first-order valence-corrected chi connectivity index (χ1v) is 8.47. The van der Waals surface area contributed by atoms with Crippen LogP contribution in [0.1, 0.15) is 81.6 Å². The molecule has 20 heavy (non-hydrogen) atoms. The Kier molecular flexibility index (Phi) is 8.06. The molecule has 1 heteroatoms. The monoisotopic (exact) mass is 282 g/mol. The van der Waals surface area contributed by atoms with Crippen LogP contribution in [0, 0.1) is 35.0 Å². The molecule has 0 amide bonds. The molecular weight excluding hydrogens is 244 g/mol. The molecule has 0 unspecified atom stereocenters. The number of Topliss-reactive ketones (excluding diaryl/α,β-unsaturated/α-hetero) is 1. The SMILES string of the molecule is CC(C)CC(CC(=O)[C@@H](C(C)C)C(C)(C)C)CC(C)C. The lowest BCUT2D eigenvalue weighted by atomic mass is 9.69. The standard InChI is InChI=1S/C19H38O/c1-13(2)10-16(11-14(3)4)12-17(20)18(15(5)6)19(7,8)9/h13-16,18H,10-12H2,1-9H3/t18-/m1/s1. The first-order chi connectivity index (χ1) is 8.95. The molecule has 0 spiro atoms. The fourth-order valence-electron chi connectivity index (χ4n) is 3.86. The van der Waals surface area contributed by atoms with Crippen LogP contribution in [0.3, 0.4) is 0 Å². The van der Waals surface area contributed by atoms with E-state index in [4.69, 9.17) is 0 Å². The van der Waals surface area contributed by atoms with Crippen LogP contribution < -0.4 is 0 Å². The van der Waals surface area contributed by atoms with Crippen LogP contribution in [0.2, 0.25) is 0 Å². The maximum Gasteiger partial charge on any atom is 0.137 e. The van der Waals surface area contributed by atoms with Gasteiger partial charge in [0.05, 0.1) is 0 Å². The number of carbonyl (C=O) groups is 1. The van der Waals surface area contributed by atoms with E-state index in [-0.39, 0.29) is 11.3 Å². The highest BCUT2D eigenvalue weighted by Gasteiger charge is 2.34. The van der Waals surface area contributed by atoms with Gasteiger partial charge < -0.3 is 0 Å². The molecule has 0 aliphatic rings. The smallest absolute Gasteiger partial charge is 0.137 e. The molecular formula is C19H38O. The van der Waals surface area contributed by atoms with Crippen molar-refractivity contribution in [1.82, 2.24) is 0 Å². The number of ketones is 1. The van der Waals surface area contributed by atoms with Gasteiger partial charge in [-0.05, 0) is 41.9 Å². The minimum Gasteiger partial charge on any atom is -0.299 e. The summed E-state index contributed by atoms with van der Waals surface area (Å²) in [6.45, 7) is 20.0. The van der Waals surface area contributed by atoms with Gasteiger partial charge in [-0.2, -0.15) is 0 Å². The van der Waals surface area contributed by atoms with Gasteiger partial charge >= 0.3 is 0 Å². The lowest BCUT2D eigenvalue weighted by Gasteiger charge is -2.34. The second kappa shape index (κ2) is 8.20. The zero-order chi connectivity index (χ0) is 16.1. The Morgan fingerprint density at radius 2 is 1.25 bits per heavy atom. The second-order valence-corrected chi connectivity index (χ2v) is 8.88. The molecule has 0 saturated carbocycles. The third kappa shape index (κ3) is 7.45.